The molecule has 2 aromatic rings. The fourth-order valence-corrected chi connectivity index (χ4v) is 2.00. The second-order valence-electron chi connectivity index (χ2n) is 4.86. The van der Waals surface area contributed by atoms with Crippen molar-refractivity contribution < 1.29 is 19.4 Å². The van der Waals surface area contributed by atoms with Crippen molar-refractivity contribution in [1.29, 1.82) is 0 Å². The first-order valence-electron chi connectivity index (χ1n) is 7.01. The molecule has 0 radical (unpaired) electrons. The van der Waals surface area contributed by atoms with Crippen LogP contribution in [0.2, 0.25) is 0 Å². The number of methoxy groups -OCH3 is 2. The largest absolute Gasteiger partial charge is 0.493 e. The summed E-state index contributed by atoms with van der Waals surface area (Å²) in [4.78, 5) is 10.8. The molecular formula is C17H18N2O4. The third-order valence-corrected chi connectivity index (χ3v) is 3.35. The normalized spacial score (nSPS) is 12.1. The molecule has 6 heteroatoms. The van der Waals surface area contributed by atoms with Crippen LogP contribution in [-0.4, -0.2) is 25.3 Å². The minimum atomic E-state index is -0.966. The van der Waals surface area contributed by atoms with E-state index in [1.807, 2.05) is 25.1 Å². The van der Waals surface area contributed by atoms with Gasteiger partial charge in [0.05, 0.1) is 31.5 Å². The maximum atomic E-state index is 10.8. The van der Waals surface area contributed by atoms with Crippen molar-refractivity contribution in [3.05, 3.63) is 53.6 Å². The zero-order chi connectivity index (χ0) is 16.8. The summed E-state index contributed by atoms with van der Waals surface area (Å²) in [6, 6.07) is 11.6. The van der Waals surface area contributed by atoms with E-state index < -0.39 is 5.97 Å². The van der Waals surface area contributed by atoms with E-state index in [4.69, 9.17) is 14.6 Å². The van der Waals surface area contributed by atoms with E-state index in [0.29, 0.717) is 17.2 Å². The predicted molar refractivity (Wildman–Crippen MR) is 85.9 cm³/mol. The number of rotatable bonds is 6. The molecule has 2 aromatic carbocycles. The highest BCUT2D eigenvalue weighted by Crippen LogP contribution is 2.31. The maximum Gasteiger partial charge on any atom is 0.335 e. The Balaban J connectivity index is 2.14. The zero-order valence-corrected chi connectivity index (χ0v) is 13.2. The van der Waals surface area contributed by atoms with Crippen LogP contribution in [0.15, 0.2) is 52.7 Å². The lowest BCUT2D eigenvalue weighted by Crippen LogP contribution is -1.95. The Morgan fingerprint density at radius 3 is 2.26 bits per heavy atom. The van der Waals surface area contributed by atoms with E-state index in [-0.39, 0.29) is 11.6 Å². The molecule has 0 fully saturated rings. The number of carbonyl (C=O) groups is 1. The van der Waals surface area contributed by atoms with Gasteiger partial charge < -0.3 is 14.6 Å². The Morgan fingerprint density at radius 1 is 1.04 bits per heavy atom. The number of aromatic carboxylic acids is 1. The average molecular weight is 314 g/mol. The average Bonchev–Trinajstić information content (AvgIpc) is 2.59. The van der Waals surface area contributed by atoms with Gasteiger partial charge in [-0.2, -0.15) is 10.2 Å². The molecule has 0 aliphatic carbocycles. The van der Waals surface area contributed by atoms with Crippen LogP contribution in [0.5, 0.6) is 11.5 Å². The van der Waals surface area contributed by atoms with E-state index >= 15 is 0 Å². The maximum absolute atomic E-state index is 10.8. The minimum Gasteiger partial charge on any atom is -0.493 e. The molecule has 0 spiro atoms. The van der Waals surface area contributed by atoms with Crippen LogP contribution >= 0.6 is 0 Å². The molecule has 0 aromatic heterocycles. The van der Waals surface area contributed by atoms with Gasteiger partial charge in [-0.25, -0.2) is 4.79 Å². The highest BCUT2D eigenvalue weighted by atomic mass is 16.5. The van der Waals surface area contributed by atoms with Crippen LogP contribution in [0.25, 0.3) is 0 Å². The summed E-state index contributed by atoms with van der Waals surface area (Å²) < 4.78 is 10.5. The summed E-state index contributed by atoms with van der Waals surface area (Å²) in [6.45, 7) is 1.91. The smallest absolute Gasteiger partial charge is 0.335 e. The topological polar surface area (TPSA) is 80.5 Å². The minimum absolute atomic E-state index is 0.172. The summed E-state index contributed by atoms with van der Waals surface area (Å²) >= 11 is 0. The molecule has 6 nitrogen and oxygen atoms in total. The second-order valence-corrected chi connectivity index (χ2v) is 4.86. The van der Waals surface area contributed by atoms with Gasteiger partial charge in [0, 0.05) is 0 Å². The van der Waals surface area contributed by atoms with Crippen molar-refractivity contribution in [3.8, 4) is 11.5 Å². The molecule has 0 aliphatic heterocycles. The standard InChI is InChI=1S/C17H18N2O4/c1-11(13-6-9-15(22-2)16(10-13)23-3)18-19-14-7-4-12(5-8-14)17(20)21/h4-11H,1-3H3,(H,20,21). The monoisotopic (exact) mass is 314 g/mol. The molecule has 120 valence electrons. The highest BCUT2D eigenvalue weighted by Gasteiger charge is 2.09. The summed E-state index contributed by atoms with van der Waals surface area (Å²) in [7, 11) is 3.17. The van der Waals surface area contributed by atoms with E-state index in [0.717, 1.165) is 5.56 Å². The number of hydrogen-bond donors (Lipinski definition) is 1. The predicted octanol–water partition coefficient (Wildman–Crippen LogP) is 4.25. The molecule has 0 aliphatic rings. The molecule has 0 amide bonds. The van der Waals surface area contributed by atoms with Gasteiger partial charge in [0.1, 0.15) is 0 Å². The molecular weight excluding hydrogens is 296 g/mol. The van der Waals surface area contributed by atoms with Crippen molar-refractivity contribution in [3.63, 3.8) is 0 Å². The van der Waals surface area contributed by atoms with Crippen LogP contribution in [0, 0.1) is 0 Å². The van der Waals surface area contributed by atoms with Gasteiger partial charge in [-0.3, -0.25) is 0 Å². The van der Waals surface area contributed by atoms with Crippen LogP contribution in [0.1, 0.15) is 28.9 Å². The summed E-state index contributed by atoms with van der Waals surface area (Å²) in [5.74, 6) is 0.328. The summed E-state index contributed by atoms with van der Waals surface area (Å²) in [5.41, 5.74) is 1.76. The number of carboxylic acids is 1. The number of hydrogen-bond acceptors (Lipinski definition) is 5. The lowest BCUT2D eigenvalue weighted by atomic mass is 10.1. The lowest BCUT2D eigenvalue weighted by molar-refractivity contribution is 0.0697. The van der Waals surface area contributed by atoms with E-state index in [9.17, 15) is 4.79 Å². The lowest BCUT2D eigenvalue weighted by Gasteiger charge is -2.11. The SMILES string of the molecule is COc1ccc(C(C)N=Nc2ccc(C(=O)O)cc2)cc1OC. The van der Waals surface area contributed by atoms with Gasteiger partial charge in [-0.05, 0) is 48.9 Å². The number of azo groups is 1. The fraction of sp³-hybridized carbons (Fsp3) is 0.235. The van der Waals surface area contributed by atoms with Crippen molar-refractivity contribution in [2.24, 2.45) is 10.2 Å². The number of nitrogens with zero attached hydrogens (tertiary/aromatic N) is 2. The highest BCUT2D eigenvalue weighted by molar-refractivity contribution is 5.87. The molecule has 0 saturated heterocycles. The third-order valence-electron chi connectivity index (χ3n) is 3.35. The first-order chi connectivity index (χ1) is 11.0. The Morgan fingerprint density at radius 2 is 1.70 bits per heavy atom. The van der Waals surface area contributed by atoms with Crippen LogP contribution in [0.3, 0.4) is 0 Å². The van der Waals surface area contributed by atoms with E-state index in [1.54, 1.807) is 26.4 Å². The third kappa shape index (κ3) is 4.06. The molecule has 23 heavy (non-hydrogen) atoms. The van der Waals surface area contributed by atoms with Crippen LogP contribution in [0.4, 0.5) is 5.69 Å². The Bertz CT molecular complexity index is 711. The van der Waals surface area contributed by atoms with Crippen molar-refractivity contribution in [2.75, 3.05) is 14.2 Å². The first-order valence-corrected chi connectivity index (χ1v) is 7.01. The fourth-order valence-electron chi connectivity index (χ4n) is 2.00. The van der Waals surface area contributed by atoms with Gasteiger partial charge in [0.25, 0.3) is 0 Å². The van der Waals surface area contributed by atoms with E-state index in [2.05, 4.69) is 10.2 Å². The van der Waals surface area contributed by atoms with Gasteiger partial charge in [-0.15, -0.1) is 0 Å². The molecule has 1 atom stereocenters. The van der Waals surface area contributed by atoms with E-state index in [1.165, 1.54) is 12.1 Å². The quantitative estimate of drug-likeness (QED) is 0.808. The van der Waals surface area contributed by atoms with Crippen molar-refractivity contribution in [1.82, 2.24) is 0 Å². The molecule has 2 rings (SSSR count). The van der Waals surface area contributed by atoms with Crippen LogP contribution < -0.4 is 9.47 Å². The van der Waals surface area contributed by atoms with Gasteiger partial charge in [-0.1, -0.05) is 6.07 Å². The zero-order valence-electron chi connectivity index (χ0n) is 13.2. The van der Waals surface area contributed by atoms with Gasteiger partial charge >= 0.3 is 5.97 Å². The summed E-state index contributed by atoms with van der Waals surface area (Å²) in [5, 5.41) is 17.3. The number of benzene rings is 2. The number of ether oxygens (including phenoxy) is 2. The molecule has 0 saturated carbocycles. The molecule has 1 unspecified atom stereocenters. The Hall–Kier alpha value is -2.89. The van der Waals surface area contributed by atoms with Crippen molar-refractivity contribution >= 4 is 11.7 Å². The first kappa shape index (κ1) is 16.5. The van der Waals surface area contributed by atoms with Gasteiger partial charge in [0.15, 0.2) is 11.5 Å². The van der Waals surface area contributed by atoms with Crippen molar-refractivity contribution in [2.45, 2.75) is 13.0 Å². The van der Waals surface area contributed by atoms with Gasteiger partial charge in [0.2, 0.25) is 0 Å². The Labute approximate surface area is 134 Å². The Kier molecular flexibility index (Phi) is 5.30. The molecule has 1 N–H and O–H groups in total. The summed E-state index contributed by atoms with van der Waals surface area (Å²) in [6.07, 6.45) is 0. The molecule has 0 bridgehead atoms. The van der Waals surface area contributed by atoms with Crippen LogP contribution in [-0.2, 0) is 0 Å². The number of carboxylic acid groups (broad SMARTS) is 1. The molecule has 0 heterocycles. The second kappa shape index (κ2) is 7.40.